The lowest BCUT2D eigenvalue weighted by Crippen LogP contribution is -2.12. The van der Waals surface area contributed by atoms with Gasteiger partial charge in [0.2, 0.25) is 11.3 Å². The Morgan fingerprint density at radius 1 is 1.04 bits per heavy atom. The van der Waals surface area contributed by atoms with Crippen LogP contribution in [0.15, 0.2) is 64.0 Å². The maximum Gasteiger partial charge on any atom is 0.263 e. The molecule has 0 amide bonds. The number of pyridine rings is 1. The van der Waals surface area contributed by atoms with Crippen LogP contribution >= 0.6 is 0 Å². The molecular weight excluding hydrogens is 338 g/mol. The van der Waals surface area contributed by atoms with Gasteiger partial charge >= 0.3 is 0 Å². The highest BCUT2D eigenvalue weighted by Gasteiger charge is 2.17. The van der Waals surface area contributed by atoms with E-state index in [0.717, 1.165) is 30.5 Å². The van der Waals surface area contributed by atoms with Crippen LogP contribution in [0.5, 0.6) is 0 Å². The third kappa shape index (κ3) is 3.16. The zero-order chi connectivity index (χ0) is 18.8. The van der Waals surface area contributed by atoms with Crippen molar-refractivity contribution < 1.29 is 4.52 Å². The average molecular weight is 359 g/mol. The first kappa shape index (κ1) is 17.2. The predicted molar refractivity (Wildman–Crippen MR) is 107 cm³/mol. The van der Waals surface area contributed by atoms with E-state index in [1.165, 1.54) is 5.56 Å². The van der Waals surface area contributed by atoms with Crippen LogP contribution in [0.25, 0.3) is 33.7 Å². The third-order valence-corrected chi connectivity index (χ3v) is 4.73. The summed E-state index contributed by atoms with van der Waals surface area (Å²) in [6.07, 6.45) is 3.77. The van der Waals surface area contributed by atoms with Crippen LogP contribution in [0.3, 0.4) is 0 Å². The summed E-state index contributed by atoms with van der Waals surface area (Å²) < 4.78 is 7.53. The Morgan fingerprint density at radius 2 is 1.81 bits per heavy atom. The molecule has 0 atom stereocenters. The Labute approximate surface area is 157 Å². The largest absolute Gasteiger partial charge is 0.346 e. The number of aromatic nitrogens is 3. The molecule has 5 heteroatoms. The average Bonchev–Trinajstić information content (AvgIpc) is 3.20. The molecule has 4 rings (SSSR count). The molecule has 2 aromatic carbocycles. The summed E-state index contributed by atoms with van der Waals surface area (Å²) in [4.78, 5) is 17.5. The summed E-state index contributed by atoms with van der Waals surface area (Å²) >= 11 is 0. The molecule has 0 fully saturated rings. The number of para-hydroxylation sites is 1. The lowest BCUT2D eigenvalue weighted by molar-refractivity contribution is 0.431. The molecule has 2 aromatic heterocycles. The number of hydrogen-bond acceptors (Lipinski definition) is 4. The molecule has 4 aromatic rings. The first-order valence-electron chi connectivity index (χ1n) is 9.26. The topological polar surface area (TPSA) is 60.9 Å². The molecule has 0 spiro atoms. The van der Waals surface area contributed by atoms with Crippen molar-refractivity contribution in [1.82, 2.24) is 14.7 Å². The van der Waals surface area contributed by atoms with Crippen molar-refractivity contribution >= 4 is 10.9 Å². The Bertz CT molecular complexity index is 1140. The molecule has 5 nitrogen and oxygen atoms in total. The van der Waals surface area contributed by atoms with Gasteiger partial charge in [-0.05, 0) is 30.5 Å². The first-order chi connectivity index (χ1) is 13.2. The minimum absolute atomic E-state index is 0.0884. The molecular formula is C22H21N3O2. The SMILES string of the molecule is CCCn1cc(-c2nc(-c3ccc(CC)cc3)no2)c(=O)c2ccccc21. The zero-order valence-electron chi connectivity index (χ0n) is 15.5. The Kier molecular flexibility index (Phi) is 4.59. The standard InChI is InChI=1S/C22H21N3O2/c1-3-13-25-14-18(20(26)17-7-5-6-8-19(17)25)22-23-21(24-27-22)16-11-9-15(4-2)10-12-16/h5-12,14H,3-4,13H2,1-2H3. The van der Waals surface area contributed by atoms with Crippen LogP contribution in [-0.4, -0.2) is 14.7 Å². The minimum atomic E-state index is -0.0884. The summed E-state index contributed by atoms with van der Waals surface area (Å²) in [5.74, 6) is 0.743. The van der Waals surface area contributed by atoms with Gasteiger partial charge in [0.05, 0.1) is 5.52 Å². The third-order valence-electron chi connectivity index (χ3n) is 4.73. The smallest absolute Gasteiger partial charge is 0.263 e. The molecule has 2 heterocycles. The molecule has 0 saturated heterocycles. The van der Waals surface area contributed by atoms with E-state index < -0.39 is 0 Å². The van der Waals surface area contributed by atoms with Crippen LogP contribution in [0.2, 0.25) is 0 Å². The summed E-state index contributed by atoms with van der Waals surface area (Å²) in [6.45, 7) is 5.03. The second kappa shape index (κ2) is 7.19. The second-order valence-corrected chi connectivity index (χ2v) is 6.56. The molecule has 27 heavy (non-hydrogen) atoms. The molecule has 0 bridgehead atoms. The number of nitrogens with zero attached hydrogens (tertiary/aromatic N) is 3. The Hall–Kier alpha value is -3.21. The van der Waals surface area contributed by atoms with E-state index in [2.05, 4.69) is 40.7 Å². The zero-order valence-corrected chi connectivity index (χ0v) is 15.5. The molecule has 0 aliphatic carbocycles. The van der Waals surface area contributed by atoms with Crippen LogP contribution < -0.4 is 5.43 Å². The van der Waals surface area contributed by atoms with Crippen molar-refractivity contribution in [3.63, 3.8) is 0 Å². The van der Waals surface area contributed by atoms with E-state index in [4.69, 9.17) is 4.52 Å². The van der Waals surface area contributed by atoms with Crippen molar-refractivity contribution in [3.05, 3.63) is 70.5 Å². The number of rotatable bonds is 5. The first-order valence-corrected chi connectivity index (χ1v) is 9.26. The van der Waals surface area contributed by atoms with E-state index in [0.29, 0.717) is 16.8 Å². The van der Waals surface area contributed by atoms with Gasteiger partial charge in [0.15, 0.2) is 0 Å². The summed E-state index contributed by atoms with van der Waals surface area (Å²) in [5.41, 5.74) is 3.39. The van der Waals surface area contributed by atoms with Gasteiger partial charge in [-0.15, -0.1) is 0 Å². The maximum absolute atomic E-state index is 13.0. The van der Waals surface area contributed by atoms with E-state index in [1.54, 1.807) is 0 Å². The van der Waals surface area contributed by atoms with Gasteiger partial charge in [0.25, 0.3) is 5.89 Å². The molecule has 0 N–H and O–H groups in total. The van der Waals surface area contributed by atoms with Gasteiger partial charge < -0.3 is 9.09 Å². The Balaban J connectivity index is 1.81. The fourth-order valence-electron chi connectivity index (χ4n) is 3.26. The summed E-state index contributed by atoms with van der Waals surface area (Å²) in [6, 6.07) is 15.7. The van der Waals surface area contributed by atoms with Gasteiger partial charge in [0.1, 0.15) is 5.56 Å². The van der Waals surface area contributed by atoms with Gasteiger partial charge in [-0.25, -0.2) is 0 Å². The van der Waals surface area contributed by atoms with Crippen molar-refractivity contribution in [3.8, 4) is 22.8 Å². The van der Waals surface area contributed by atoms with E-state index >= 15 is 0 Å². The number of fused-ring (bicyclic) bond motifs is 1. The second-order valence-electron chi connectivity index (χ2n) is 6.56. The molecule has 0 unspecified atom stereocenters. The van der Waals surface area contributed by atoms with Crippen LogP contribution in [0, 0.1) is 0 Å². The van der Waals surface area contributed by atoms with Crippen molar-refractivity contribution in [2.24, 2.45) is 0 Å². The fourth-order valence-corrected chi connectivity index (χ4v) is 3.26. The summed E-state index contributed by atoms with van der Waals surface area (Å²) in [7, 11) is 0. The number of hydrogen-bond donors (Lipinski definition) is 0. The minimum Gasteiger partial charge on any atom is -0.346 e. The van der Waals surface area contributed by atoms with Crippen LogP contribution in [0.4, 0.5) is 0 Å². The monoisotopic (exact) mass is 359 g/mol. The lowest BCUT2D eigenvalue weighted by atomic mass is 10.1. The molecule has 0 saturated carbocycles. The normalized spacial score (nSPS) is 11.2. The predicted octanol–water partition coefficient (Wildman–Crippen LogP) is 4.69. The van der Waals surface area contributed by atoms with Gasteiger partial charge in [0, 0.05) is 23.7 Å². The molecule has 0 aliphatic rings. The highest BCUT2D eigenvalue weighted by molar-refractivity contribution is 5.82. The maximum atomic E-state index is 13.0. The molecule has 0 aliphatic heterocycles. The van der Waals surface area contributed by atoms with E-state index in [-0.39, 0.29) is 11.3 Å². The lowest BCUT2D eigenvalue weighted by Gasteiger charge is -2.10. The summed E-state index contributed by atoms with van der Waals surface area (Å²) in [5, 5.41) is 4.74. The van der Waals surface area contributed by atoms with Crippen LogP contribution in [-0.2, 0) is 13.0 Å². The fraction of sp³-hybridized carbons (Fsp3) is 0.227. The van der Waals surface area contributed by atoms with Gasteiger partial charge in [-0.1, -0.05) is 55.4 Å². The van der Waals surface area contributed by atoms with E-state index in [1.807, 2.05) is 42.6 Å². The molecule has 0 radical (unpaired) electrons. The van der Waals surface area contributed by atoms with Crippen LogP contribution in [0.1, 0.15) is 25.8 Å². The quantitative estimate of drug-likeness (QED) is 0.518. The number of benzene rings is 2. The molecule has 136 valence electrons. The van der Waals surface area contributed by atoms with Gasteiger partial charge in [-0.2, -0.15) is 4.98 Å². The highest BCUT2D eigenvalue weighted by Crippen LogP contribution is 2.23. The number of aryl methyl sites for hydroxylation is 2. The highest BCUT2D eigenvalue weighted by atomic mass is 16.5. The van der Waals surface area contributed by atoms with Crippen molar-refractivity contribution in [2.45, 2.75) is 33.2 Å². The van der Waals surface area contributed by atoms with Crippen molar-refractivity contribution in [1.29, 1.82) is 0 Å². The van der Waals surface area contributed by atoms with E-state index in [9.17, 15) is 4.79 Å². The Morgan fingerprint density at radius 3 is 2.56 bits per heavy atom. The van der Waals surface area contributed by atoms with Gasteiger partial charge in [-0.3, -0.25) is 4.79 Å². The van der Waals surface area contributed by atoms with Crippen molar-refractivity contribution in [2.75, 3.05) is 0 Å².